The van der Waals surface area contributed by atoms with E-state index in [9.17, 15) is 4.79 Å². The monoisotopic (exact) mass is 282 g/mol. The minimum atomic E-state index is -0.171. The number of hydrogen-bond acceptors (Lipinski definition) is 5. The van der Waals surface area contributed by atoms with Gasteiger partial charge in [-0.3, -0.25) is 9.78 Å². The second-order valence-corrected chi connectivity index (χ2v) is 5.28. The molecule has 0 spiro atoms. The molecule has 0 amide bonds. The lowest BCUT2D eigenvalue weighted by Gasteiger charge is -2.15. The second-order valence-electron chi connectivity index (χ2n) is 4.11. The Kier molecular flexibility index (Phi) is 7.52. The van der Waals surface area contributed by atoms with Gasteiger partial charge >= 0.3 is 5.97 Å². The average Bonchev–Trinajstić information content (AvgIpc) is 2.45. The number of nitrogens with one attached hydrogen (secondary N) is 1. The minimum absolute atomic E-state index is 0.171. The van der Waals surface area contributed by atoms with E-state index in [0.29, 0.717) is 12.5 Å². The summed E-state index contributed by atoms with van der Waals surface area (Å²) in [7, 11) is 1.41. The summed E-state index contributed by atoms with van der Waals surface area (Å²) >= 11 is 1.62. The van der Waals surface area contributed by atoms with Crippen molar-refractivity contribution in [1.82, 2.24) is 10.3 Å². The Morgan fingerprint density at radius 1 is 1.47 bits per heavy atom. The zero-order chi connectivity index (χ0) is 14.1. The first-order valence-corrected chi connectivity index (χ1v) is 7.58. The van der Waals surface area contributed by atoms with Crippen LogP contribution >= 0.6 is 11.8 Å². The van der Waals surface area contributed by atoms with Crippen LogP contribution in [0.25, 0.3) is 0 Å². The quantitative estimate of drug-likeness (QED) is 0.587. The number of ether oxygens (including phenoxy) is 1. The molecule has 19 heavy (non-hydrogen) atoms. The lowest BCUT2D eigenvalue weighted by atomic mass is 10.1. The molecular weight excluding hydrogens is 260 g/mol. The first-order chi connectivity index (χ1) is 9.21. The molecule has 106 valence electrons. The highest BCUT2D eigenvalue weighted by Gasteiger charge is 2.09. The second kappa shape index (κ2) is 8.93. The molecule has 5 heteroatoms. The molecule has 0 aliphatic heterocycles. The third-order valence-electron chi connectivity index (χ3n) is 2.78. The molecule has 0 saturated heterocycles. The number of pyridine rings is 1. The molecule has 1 unspecified atom stereocenters. The van der Waals surface area contributed by atoms with Gasteiger partial charge in [0.05, 0.1) is 19.2 Å². The summed E-state index contributed by atoms with van der Waals surface area (Å²) in [6.45, 7) is 5.18. The molecule has 4 nitrogen and oxygen atoms in total. The van der Waals surface area contributed by atoms with Crippen molar-refractivity contribution in [2.24, 2.45) is 0 Å². The molecule has 0 aliphatic rings. The van der Waals surface area contributed by atoms with Gasteiger partial charge in [0.2, 0.25) is 0 Å². The molecule has 1 aromatic rings. The van der Waals surface area contributed by atoms with E-state index in [1.54, 1.807) is 11.8 Å². The molecule has 0 bridgehead atoms. The molecule has 0 aromatic carbocycles. The topological polar surface area (TPSA) is 51.2 Å². The first-order valence-electron chi connectivity index (χ1n) is 6.60. The van der Waals surface area contributed by atoms with Crippen molar-refractivity contribution in [3.05, 3.63) is 24.0 Å². The SMILES string of the molecule is CCNC(CC)c1ccc(SCCC(=O)OC)cn1. The van der Waals surface area contributed by atoms with Gasteiger partial charge in [-0.15, -0.1) is 11.8 Å². The van der Waals surface area contributed by atoms with Crippen molar-refractivity contribution in [2.75, 3.05) is 19.4 Å². The van der Waals surface area contributed by atoms with Crippen LogP contribution in [0.2, 0.25) is 0 Å². The number of carbonyl (C=O) groups is 1. The van der Waals surface area contributed by atoms with Gasteiger partial charge in [0.25, 0.3) is 0 Å². The van der Waals surface area contributed by atoms with Crippen LogP contribution < -0.4 is 5.32 Å². The number of methoxy groups -OCH3 is 1. The van der Waals surface area contributed by atoms with Crippen LogP contribution in [0.5, 0.6) is 0 Å². The molecule has 0 fully saturated rings. The Labute approximate surface area is 119 Å². The van der Waals surface area contributed by atoms with E-state index in [1.807, 2.05) is 6.20 Å². The van der Waals surface area contributed by atoms with Crippen molar-refractivity contribution in [3.63, 3.8) is 0 Å². The van der Waals surface area contributed by atoms with Crippen LogP contribution in [-0.4, -0.2) is 30.4 Å². The lowest BCUT2D eigenvalue weighted by molar-refractivity contribution is -0.140. The van der Waals surface area contributed by atoms with E-state index in [-0.39, 0.29) is 5.97 Å². The fourth-order valence-corrected chi connectivity index (χ4v) is 2.54. The van der Waals surface area contributed by atoms with Crippen LogP contribution in [0.1, 0.15) is 38.4 Å². The zero-order valence-electron chi connectivity index (χ0n) is 11.8. The number of hydrogen-bond donors (Lipinski definition) is 1. The van der Waals surface area contributed by atoms with Crippen molar-refractivity contribution in [1.29, 1.82) is 0 Å². The van der Waals surface area contributed by atoms with E-state index >= 15 is 0 Å². The summed E-state index contributed by atoms with van der Waals surface area (Å²) in [6.07, 6.45) is 3.32. The fraction of sp³-hybridized carbons (Fsp3) is 0.571. The summed E-state index contributed by atoms with van der Waals surface area (Å²) in [5.41, 5.74) is 1.07. The summed E-state index contributed by atoms with van der Waals surface area (Å²) in [5.74, 6) is 0.549. The predicted octanol–water partition coefficient (Wildman–Crippen LogP) is 2.80. The highest BCUT2D eigenvalue weighted by molar-refractivity contribution is 7.99. The maximum Gasteiger partial charge on any atom is 0.306 e. The number of esters is 1. The van der Waals surface area contributed by atoms with Crippen LogP contribution in [0.3, 0.4) is 0 Å². The predicted molar refractivity (Wildman–Crippen MR) is 78.3 cm³/mol. The zero-order valence-corrected chi connectivity index (χ0v) is 12.6. The molecule has 1 rings (SSSR count). The van der Waals surface area contributed by atoms with Crippen LogP contribution in [0, 0.1) is 0 Å². The standard InChI is InChI=1S/C14H22N2O2S/c1-4-12(15-5-2)13-7-6-11(10-16-13)19-9-8-14(17)18-3/h6-7,10,12,15H,4-5,8-9H2,1-3H3. The Bertz CT molecular complexity index is 382. The highest BCUT2D eigenvalue weighted by Crippen LogP contribution is 2.21. The van der Waals surface area contributed by atoms with Gasteiger partial charge in [-0.1, -0.05) is 13.8 Å². The number of nitrogens with zero attached hydrogens (tertiary/aromatic N) is 1. The van der Waals surface area contributed by atoms with Gasteiger partial charge in [-0.25, -0.2) is 0 Å². The summed E-state index contributed by atoms with van der Waals surface area (Å²) in [4.78, 5) is 16.6. The average molecular weight is 282 g/mol. The summed E-state index contributed by atoms with van der Waals surface area (Å²) in [6, 6.07) is 4.43. The van der Waals surface area contributed by atoms with Gasteiger partial charge in [0.1, 0.15) is 0 Å². The smallest absolute Gasteiger partial charge is 0.306 e. The van der Waals surface area contributed by atoms with E-state index in [2.05, 4.69) is 41.0 Å². The van der Waals surface area contributed by atoms with Crippen LogP contribution in [-0.2, 0) is 9.53 Å². The van der Waals surface area contributed by atoms with Gasteiger partial charge < -0.3 is 10.1 Å². The number of carbonyl (C=O) groups excluding carboxylic acids is 1. The molecule has 0 aliphatic carbocycles. The molecular formula is C14H22N2O2S. The van der Waals surface area contributed by atoms with Gasteiger partial charge in [-0.05, 0) is 25.1 Å². The molecule has 1 aromatic heterocycles. The van der Waals surface area contributed by atoms with Crippen molar-refractivity contribution in [2.45, 2.75) is 37.6 Å². The van der Waals surface area contributed by atoms with Crippen molar-refractivity contribution < 1.29 is 9.53 Å². The maximum atomic E-state index is 11.0. The molecule has 0 radical (unpaired) electrons. The highest BCUT2D eigenvalue weighted by atomic mass is 32.2. The Hall–Kier alpha value is -1.07. The third kappa shape index (κ3) is 5.61. The first kappa shape index (κ1) is 16.0. The van der Waals surface area contributed by atoms with Crippen LogP contribution in [0.15, 0.2) is 23.2 Å². The molecule has 0 saturated carbocycles. The lowest BCUT2D eigenvalue weighted by Crippen LogP contribution is -2.20. The molecule has 1 heterocycles. The van der Waals surface area contributed by atoms with E-state index < -0.39 is 0 Å². The number of thioether (sulfide) groups is 1. The van der Waals surface area contributed by atoms with Crippen molar-refractivity contribution in [3.8, 4) is 0 Å². The van der Waals surface area contributed by atoms with Crippen molar-refractivity contribution >= 4 is 17.7 Å². The van der Waals surface area contributed by atoms with E-state index in [0.717, 1.165) is 29.3 Å². The third-order valence-corrected chi connectivity index (χ3v) is 3.76. The molecule has 1 atom stereocenters. The summed E-state index contributed by atoms with van der Waals surface area (Å²) in [5, 5.41) is 3.40. The van der Waals surface area contributed by atoms with Gasteiger partial charge in [-0.2, -0.15) is 0 Å². The van der Waals surface area contributed by atoms with Crippen LogP contribution in [0.4, 0.5) is 0 Å². The maximum absolute atomic E-state index is 11.0. The van der Waals surface area contributed by atoms with E-state index in [1.165, 1.54) is 7.11 Å². The Balaban J connectivity index is 2.49. The minimum Gasteiger partial charge on any atom is -0.469 e. The van der Waals surface area contributed by atoms with Gasteiger partial charge in [0, 0.05) is 22.9 Å². The number of aromatic nitrogens is 1. The Morgan fingerprint density at radius 2 is 2.26 bits per heavy atom. The fourth-order valence-electron chi connectivity index (χ4n) is 1.74. The number of rotatable bonds is 8. The largest absolute Gasteiger partial charge is 0.469 e. The summed E-state index contributed by atoms with van der Waals surface area (Å²) < 4.78 is 4.60. The van der Waals surface area contributed by atoms with E-state index in [4.69, 9.17) is 0 Å². The van der Waals surface area contributed by atoms with Gasteiger partial charge in [0.15, 0.2) is 0 Å². The normalized spacial score (nSPS) is 12.2. The Morgan fingerprint density at radius 3 is 2.79 bits per heavy atom. The molecule has 1 N–H and O–H groups in total.